The number of nitrogens with one attached hydrogen (secondary N) is 2. The molecule has 7 rings (SSSR count). The smallest absolute Gasteiger partial charge is 0.258 e. The molecule has 2 N–H and O–H groups in total. The van der Waals surface area contributed by atoms with Crippen LogP contribution in [0.1, 0.15) is 9.81 Å². The average molecular weight is 512 g/mol. The summed E-state index contributed by atoms with van der Waals surface area (Å²) in [5.41, 5.74) is 3.89. The first-order chi connectivity index (χ1) is 19.8. The second kappa shape index (κ2) is 8.93. The van der Waals surface area contributed by atoms with E-state index in [9.17, 15) is 4.79 Å². The van der Waals surface area contributed by atoms with Gasteiger partial charge < -0.3 is 24.5 Å². The summed E-state index contributed by atoms with van der Waals surface area (Å²) < 4.78 is 30.4. The Balaban J connectivity index is 1.31. The fraction of sp³-hybridized carbons (Fsp3) is 0.286. The second-order valence-corrected chi connectivity index (χ2v) is 9.80. The molecule has 0 amide bonds. The maximum absolute atomic E-state index is 13.2. The molecule has 0 unspecified atom stereocenters. The van der Waals surface area contributed by atoms with E-state index >= 15 is 0 Å². The van der Waals surface area contributed by atoms with Crippen molar-refractivity contribution in [1.29, 1.82) is 0 Å². The van der Waals surface area contributed by atoms with Gasteiger partial charge in [0, 0.05) is 65.6 Å². The van der Waals surface area contributed by atoms with Crippen molar-refractivity contribution in [2.45, 2.75) is 12.6 Å². The monoisotopic (exact) mass is 511 g/mol. The first-order valence-corrected chi connectivity index (χ1v) is 12.5. The number of aromatic amines is 1. The third-order valence-corrected chi connectivity index (χ3v) is 7.34. The standard InChI is InChI=1S/C28H28N8O2/c1-34-14-17-16-38-12-11-36(17)23-3-4-24(33-22(23)15-34)32-21-13-31-26(20-6-9-30-28(37)25(20)21)18-5-8-29-27-19(18)7-10-35(27)2/h3-10,13,17H,11-12,14-16H2,1-2H3,(H,30,37)(H,32,33)/t17-/m1/s1/i2D3. The normalized spacial score (nSPS) is 19.3. The van der Waals surface area contributed by atoms with Gasteiger partial charge in [-0.05, 0) is 37.4 Å². The van der Waals surface area contributed by atoms with Gasteiger partial charge in [-0.1, -0.05) is 0 Å². The van der Waals surface area contributed by atoms with E-state index in [1.165, 1.54) is 6.20 Å². The van der Waals surface area contributed by atoms with Crippen molar-refractivity contribution in [3.8, 4) is 11.3 Å². The van der Waals surface area contributed by atoms with Crippen molar-refractivity contribution >= 4 is 39.0 Å². The molecule has 0 saturated carbocycles. The van der Waals surface area contributed by atoms with E-state index < -0.39 is 6.98 Å². The minimum atomic E-state index is -2.37. The fourth-order valence-electron chi connectivity index (χ4n) is 5.64. The highest BCUT2D eigenvalue weighted by atomic mass is 16.5. The molecule has 2 aliphatic rings. The number of anilines is 3. The van der Waals surface area contributed by atoms with Crippen LogP contribution in [0, 0.1) is 0 Å². The molecule has 10 nitrogen and oxygen atoms in total. The Hall–Kier alpha value is -4.28. The molecule has 0 bridgehead atoms. The van der Waals surface area contributed by atoms with Gasteiger partial charge >= 0.3 is 0 Å². The van der Waals surface area contributed by atoms with E-state index in [4.69, 9.17) is 18.8 Å². The molecule has 0 spiro atoms. The van der Waals surface area contributed by atoms with Crippen molar-refractivity contribution in [3.63, 3.8) is 0 Å². The molecule has 38 heavy (non-hydrogen) atoms. The van der Waals surface area contributed by atoms with Gasteiger partial charge in [0.1, 0.15) is 11.5 Å². The van der Waals surface area contributed by atoms with Crippen molar-refractivity contribution in [3.05, 3.63) is 71.2 Å². The predicted octanol–water partition coefficient (Wildman–Crippen LogP) is 3.27. The van der Waals surface area contributed by atoms with Crippen molar-refractivity contribution in [2.24, 2.45) is 6.98 Å². The summed E-state index contributed by atoms with van der Waals surface area (Å²) in [6, 6.07) is 9.59. The SMILES string of the molecule is [2H]C([2H])([2H])n1ccc2c(-c3ncc(Nc4ccc5c(n4)CN(C)C[C@@H]4COCCN54)c4c(=O)[nH]ccc34)ccnc21. The van der Waals surface area contributed by atoms with E-state index in [2.05, 4.69) is 38.2 Å². The lowest BCUT2D eigenvalue weighted by atomic mass is 10.0. The van der Waals surface area contributed by atoms with Crippen LogP contribution in [0.4, 0.5) is 17.2 Å². The lowest BCUT2D eigenvalue weighted by Crippen LogP contribution is -2.49. The molecule has 5 aromatic heterocycles. The van der Waals surface area contributed by atoms with Gasteiger partial charge in [-0.2, -0.15) is 0 Å². The average Bonchev–Trinajstić information content (AvgIpc) is 3.34. The van der Waals surface area contributed by atoms with E-state index in [0.717, 1.165) is 29.0 Å². The van der Waals surface area contributed by atoms with Crippen LogP contribution >= 0.6 is 0 Å². The number of likely N-dealkylation sites (N-methyl/N-ethyl adjacent to an activating group) is 1. The van der Waals surface area contributed by atoms with E-state index in [-0.39, 0.29) is 11.6 Å². The number of H-pyrrole nitrogens is 1. The quantitative estimate of drug-likeness (QED) is 0.380. The Morgan fingerprint density at radius 1 is 1.18 bits per heavy atom. The van der Waals surface area contributed by atoms with Crippen LogP contribution in [0.25, 0.3) is 33.1 Å². The molecule has 1 atom stereocenters. The number of hydrogen-bond donors (Lipinski definition) is 2. The van der Waals surface area contributed by atoms with Gasteiger partial charge in [0.05, 0.1) is 53.6 Å². The van der Waals surface area contributed by atoms with Gasteiger partial charge in [0.25, 0.3) is 5.56 Å². The maximum Gasteiger partial charge on any atom is 0.258 e. The third-order valence-electron chi connectivity index (χ3n) is 7.34. The first-order valence-electron chi connectivity index (χ1n) is 14.0. The summed E-state index contributed by atoms with van der Waals surface area (Å²) in [4.78, 5) is 34.6. The largest absolute Gasteiger partial charge is 0.377 e. The molecular weight excluding hydrogens is 480 g/mol. The number of nitrogens with zero attached hydrogens (tertiary/aromatic N) is 6. The molecule has 0 aliphatic carbocycles. The zero-order chi connectivity index (χ0) is 28.3. The highest BCUT2D eigenvalue weighted by molar-refractivity contribution is 6.06. The molecule has 0 radical (unpaired) electrons. The molecule has 10 heteroatoms. The number of fused-ring (bicyclic) bond motifs is 5. The molecule has 1 saturated heterocycles. The summed E-state index contributed by atoms with van der Waals surface area (Å²) >= 11 is 0. The van der Waals surface area contributed by atoms with Gasteiger partial charge in [0.2, 0.25) is 0 Å². The highest BCUT2D eigenvalue weighted by Gasteiger charge is 2.30. The van der Waals surface area contributed by atoms with E-state index in [0.29, 0.717) is 64.3 Å². The summed E-state index contributed by atoms with van der Waals surface area (Å²) in [5.74, 6) is 0.615. The number of morpholine rings is 1. The van der Waals surface area contributed by atoms with Crippen LogP contribution in [-0.2, 0) is 18.3 Å². The molecule has 192 valence electrons. The Kier molecular flexibility index (Phi) is 4.65. The van der Waals surface area contributed by atoms with Gasteiger partial charge in [-0.15, -0.1) is 0 Å². The van der Waals surface area contributed by atoms with Crippen LogP contribution < -0.4 is 15.8 Å². The number of aryl methyl sites for hydroxylation is 1. The van der Waals surface area contributed by atoms with Crippen LogP contribution in [0.5, 0.6) is 0 Å². The Morgan fingerprint density at radius 2 is 2.13 bits per heavy atom. The second-order valence-electron chi connectivity index (χ2n) is 9.80. The first kappa shape index (κ1) is 19.8. The maximum atomic E-state index is 13.2. The number of pyridine rings is 4. The summed E-state index contributed by atoms with van der Waals surface area (Å²) in [6.07, 6.45) is 6.26. The molecule has 7 heterocycles. The predicted molar refractivity (Wildman–Crippen MR) is 148 cm³/mol. The molecule has 2 aliphatic heterocycles. The zero-order valence-corrected chi connectivity index (χ0v) is 20.8. The minimum Gasteiger partial charge on any atom is -0.377 e. The number of rotatable bonds is 3. The topological polar surface area (TPSA) is 104 Å². The summed E-state index contributed by atoms with van der Waals surface area (Å²) in [7, 11) is 2.09. The zero-order valence-electron chi connectivity index (χ0n) is 23.8. The Morgan fingerprint density at radius 3 is 3.05 bits per heavy atom. The van der Waals surface area contributed by atoms with Gasteiger partial charge in [-0.3, -0.25) is 14.7 Å². The minimum absolute atomic E-state index is 0.273. The number of ether oxygens (including phenoxy) is 1. The molecule has 0 aromatic carbocycles. The van der Waals surface area contributed by atoms with Gasteiger partial charge in [-0.25, -0.2) is 9.97 Å². The van der Waals surface area contributed by atoms with Gasteiger partial charge in [0.15, 0.2) is 0 Å². The highest BCUT2D eigenvalue weighted by Crippen LogP contribution is 2.35. The van der Waals surface area contributed by atoms with Crippen molar-refractivity contribution in [1.82, 2.24) is 29.4 Å². The Bertz CT molecular complexity index is 1850. The molecule has 5 aromatic rings. The summed E-state index contributed by atoms with van der Waals surface area (Å²) in [6.45, 7) is 1.43. The van der Waals surface area contributed by atoms with E-state index in [1.807, 2.05) is 6.07 Å². The lowest BCUT2D eigenvalue weighted by molar-refractivity contribution is 0.0844. The van der Waals surface area contributed by atoms with Crippen LogP contribution in [0.15, 0.2) is 59.9 Å². The van der Waals surface area contributed by atoms with E-state index in [1.54, 1.807) is 36.8 Å². The third kappa shape index (κ3) is 3.72. The van der Waals surface area contributed by atoms with Crippen LogP contribution in [0.3, 0.4) is 0 Å². The summed E-state index contributed by atoms with van der Waals surface area (Å²) in [5, 5.41) is 5.03. The molecule has 1 fully saturated rings. The number of aromatic nitrogens is 5. The fourth-order valence-corrected chi connectivity index (χ4v) is 5.64. The molecular formula is C28H28N8O2. The van der Waals surface area contributed by atoms with Crippen molar-refractivity contribution < 1.29 is 8.85 Å². The number of hydrogen-bond acceptors (Lipinski definition) is 8. The van der Waals surface area contributed by atoms with Crippen LogP contribution in [-0.4, -0.2) is 68.8 Å². The van der Waals surface area contributed by atoms with Crippen LogP contribution in [0.2, 0.25) is 0 Å². The Labute approximate surface area is 223 Å². The van der Waals surface area contributed by atoms with Crippen molar-refractivity contribution in [2.75, 3.05) is 43.6 Å². The lowest BCUT2D eigenvalue weighted by Gasteiger charge is -2.37.